The van der Waals surface area contributed by atoms with Crippen molar-refractivity contribution in [2.45, 2.75) is 6.92 Å². The monoisotopic (exact) mass is 249 g/mol. The van der Waals surface area contributed by atoms with Gasteiger partial charge in [0, 0.05) is 5.56 Å². The Bertz CT molecular complexity index is 562. The average Bonchev–Trinajstić information content (AvgIpc) is 2.69. The quantitative estimate of drug-likeness (QED) is 0.783. The van der Waals surface area contributed by atoms with Crippen LogP contribution >= 0.6 is 0 Å². The largest absolute Gasteiger partial charge is 0.479 e. The molecule has 0 aliphatic carbocycles. The van der Waals surface area contributed by atoms with Gasteiger partial charge in [-0.05, 0) is 6.92 Å². The Balaban J connectivity index is 2.23. The maximum absolute atomic E-state index is 10.3. The Labute approximate surface area is 102 Å². The highest BCUT2D eigenvalue weighted by Crippen LogP contribution is 2.19. The Hall–Kier alpha value is -2.57. The molecular formula is C11H11N3O4. The molecule has 0 aliphatic rings. The number of ether oxygens (including phenoxy) is 1. The lowest BCUT2D eigenvalue weighted by molar-refractivity contribution is -0.139. The number of hydrogen-bond donors (Lipinski definition) is 2. The Morgan fingerprint density at radius 3 is 2.67 bits per heavy atom. The minimum atomic E-state index is -1.14. The molecule has 0 radical (unpaired) electrons. The fourth-order valence-corrected chi connectivity index (χ4v) is 1.36. The second-order valence-electron chi connectivity index (χ2n) is 3.66. The Morgan fingerprint density at radius 1 is 1.39 bits per heavy atom. The van der Waals surface area contributed by atoms with Gasteiger partial charge in [-0.25, -0.2) is 4.79 Å². The molecule has 0 atom stereocenters. The molecule has 7 nitrogen and oxygen atoms in total. The number of carbonyl (C=O) groups is 1. The third-order valence-electron chi connectivity index (χ3n) is 2.21. The molecule has 2 aromatic rings. The number of rotatable bonds is 4. The van der Waals surface area contributed by atoms with E-state index in [1.807, 2.05) is 19.1 Å². The minimum absolute atomic E-state index is 0.185. The number of aliphatic carboxylic acids is 1. The van der Waals surface area contributed by atoms with Crippen molar-refractivity contribution in [2.75, 3.05) is 6.61 Å². The summed E-state index contributed by atoms with van der Waals surface area (Å²) in [6.07, 6.45) is 0. The molecule has 94 valence electrons. The SMILES string of the molecule is Cc1ccc(-c2nc(OCC(=O)O)nn2O)cc1. The summed E-state index contributed by atoms with van der Waals surface area (Å²) in [6, 6.07) is 7.08. The molecule has 2 N–H and O–H groups in total. The zero-order valence-corrected chi connectivity index (χ0v) is 9.57. The van der Waals surface area contributed by atoms with E-state index >= 15 is 0 Å². The first-order chi connectivity index (χ1) is 8.56. The van der Waals surface area contributed by atoms with Crippen LogP contribution in [0.4, 0.5) is 0 Å². The predicted octanol–water partition coefficient (Wildman–Crippen LogP) is 0.954. The van der Waals surface area contributed by atoms with E-state index in [9.17, 15) is 10.0 Å². The van der Waals surface area contributed by atoms with Crippen LogP contribution in [0.25, 0.3) is 11.4 Å². The van der Waals surface area contributed by atoms with E-state index in [0.29, 0.717) is 10.4 Å². The number of hydrogen-bond acceptors (Lipinski definition) is 5. The number of benzene rings is 1. The number of aryl methyl sites for hydroxylation is 1. The summed E-state index contributed by atoms with van der Waals surface area (Å²) in [7, 11) is 0. The van der Waals surface area contributed by atoms with E-state index in [2.05, 4.69) is 10.1 Å². The van der Waals surface area contributed by atoms with Crippen LogP contribution in [0, 0.1) is 6.92 Å². The smallest absolute Gasteiger partial charge is 0.341 e. The third-order valence-corrected chi connectivity index (χ3v) is 2.21. The van der Waals surface area contributed by atoms with Gasteiger partial charge in [-0.2, -0.15) is 4.98 Å². The Kier molecular flexibility index (Phi) is 3.13. The van der Waals surface area contributed by atoms with Crippen molar-refractivity contribution in [1.82, 2.24) is 14.9 Å². The van der Waals surface area contributed by atoms with Crippen molar-refractivity contribution in [3.63, 3.8) is 0 Å². The molecule has 1 heterocycles. The zero-order chi connectivity index (χ0) is 13.1. The normalized spacial score (nSPS) is 10.3. The fraction of sp³-hybridized carbons (Fsp3) is 0.182. The summed E-state index contributed by atoms with van der Waals surface area (Å²) in [4.78, 5) is 14.8. The lowest BCUT2D eigenvalue weighted by atomic mass is 10.1. The van der Waals surface area contributed by atoms with Crippen LogP contribution < -0.4 is 4.74 Å². The fourth-order valence-electron chi connectivity index (χ4n) is 1.36. The molecular weight excluding hydrogens is 238 g/mol. The summed E-state index contributed by atoms with van der Waals surface area (Å²) in [5, 5.41) is 21.5. The second-order valence-corrected chi connectivity index (χ2v) is 3.66. The molecule has 0 saturated carbocycles. The van der Waals surface area contributed by atoms with E-state index in [-0.39, 0.29) is 11.8 Å². The van der Waals surface area contributed by atoms with Crippen molar-refractivity contribution in [2.24, 2.45) is 0 Å². The number of aromatic nitrogens is 3. The van der Waals surface area contributed by atoms with Gasteiger partial charge in [0.2, 0.25) is 5.82 Å². The molecule has 0 unspecified atom stereocenters. The first-order valence-corrected chi connectivity index (χ1v) is 5.14. The lowest BCUT2D eigenvalue weighted by Crippen LogP contribution is -2.10. The van der Waals surface area contributed by atoms with Gasteiger partial charge >= 0.3 is 12.0 Å². The van der Waals surface area contributed by atoms with Crippen molar-refractivity contribution < 1.29 is 19.8 Å². The highest BCUT2D eigenvalue weighted by molar-refractivity contribution is 5.68. The number of carboxylic acids is 1. The van der Waals surface area contributed by atoms with Crippen LogP contribution in [0.5, 0.6) is 6.01 Å². The van der Waals surface area contributed by atoms with E-state index < -0.39 is 12.6 Å². The molecule has 0 spiro atoms. The number of nitrogens with zero attached hydrogens (tertiary/aromatic N) is 3. The van der Waals surface area contributed by atoms with E-state index in [4.69, 9.17) is 9.84 Å². The summed E-state index contributed by atoms with van der Waals surface area (Å²) in [5.74, 6) is -0.948. The van der Waals surface area contributed by atoms with E-state index in [1.54, 1.807) is 12.1 Å². The van der Waals surface area contributed by atoms with Crippen LogP contribution in [0.1, 0.15) is 5.56 Å². The molecule has 0 aliphatic heterocycles. The molecule has 0 saturated heterocycles. The van der Waals surface area contributed by atoms with Crippen molar-refractivity contribution >= 4 is 5.97 Å². The van der Waals surface area contributed by atoms with Gasteiger partial charge < -0.3 is 15.1 Å². The van der Waals surface area contributed by atoms with Crippen LogP contribution in [-0.4, -0.2) is 37.8 Å². The summed E-state index contributed by atoms with van der Waals surface area (Å²) in [5.41, 5.74) is 1.73. The van der Waals surface area contributed by atoms with Crippen molar-refractivity contribution in [3.8, 4) is 17.4 Å². The van der Waals surface area contributed by atoms with Crippen molar-refractivity contribution in [3.05, 3.63) is 29.8 Å². The van der Waals surface area contributed by atoms with Gasteiger partial charge in [-0.1, -0.05) is 39.8 Å². The molecule has 0 fully saturated rings. The topological polar surface area (TPSA) is 97.5 Å². The van der Waals surface area contributed by atoms with Gasteiger partial charge in [0.05, 0.1) is 0 Å². The third kappa shape index (κ3) is 2.57. The van der Waals surface area contributed by atoms with Gasteiger partial charge in [0.25, 0.3) is 0 Å². The first-order valence-electron chi connectivity index (χ1n) is 5.14. The maximum atomic E-state index is 10.3. The standard InChI is InChI=1S/C11H11N3O4/c1-7-2-4-8(5-3-7)10-12-11(13-14(10)17)18-6-9(15)16/h2-5,17H,6H2,1H3,(H,15,16). The lowest BCUT2D eigenvalue weighted by Gasteiger charge is -1.98. The van der Waals surface area contributed by atoms with Gasteiger partial charge in [0.1, 0.15) is 0 Å². The van der Waals surface area contributed by atoms with Crippen molar-refractivity contribution in [1.29, 1.82) is 0 Å². The molecule has 2 rings (SSSR count). The van der Waals surface area contributed by atoms with Gasteiger partial charge in [0.15, 0.2) is 6.61 Å². The predicted molar refractivity (Wildman–Crippen MR) is 60.5 cm³/mol. The van der Waals surface area contributed by atoms with Crippen LogP contribution in [0.3, 0.4) is 0 Å². The van der Waals surface area contributed by atoms with Crippen LogP contribution in [0.15, 0.2) is 24.3 Å². The molecule has 0 bridgehead atoms. The highest BCUT2D eigenvalue weighted by atomic mass is 16.5. The first kappa shape index (κ1) is 11.9. The zero-order valence-electron chi connectivity index (χ0n) is 9.57. The Morgan fingerprint density at radius 2 is 2.06 bits per heavy atom. The highest BCUT2D eigenvalue weighted by Gasteiger charge is 2.13. The van der Waals surface area contributed by atoms with Crippen LogP contribution in [0.2, 0.25) is 0 Å². The van der Waals surface area contributed by atoms with Gasteiger partial charge in [-0.15, -0.1) is 0 Å². The van der Waals surface area contributed by atoms with Crippen LogP contribution in [-0.2, 0) is 4.79 Å². The molecule has 7 heteroatoms. The maximum Gasteiger partial charge on any atom is 0.341 e. The molecule has 18 heavy (non-hydrogen) atoms. The minimum Gasteiger partial charge on any atom is -0.479 e. The van der Waals surface area contributed by atoms with E-state index in [1.165, 1.54) is 0 Å². The summed E-state index contributed by atoms with van der Waals surface area (Å²) < 4.78 is 4.77. The average molecular weight is 249 g/mol. The summed E-state index contributed by atoms with van der Waals surface area (Å²) in [6.45, 7) is 1.38. The second kappa shape index (κ2) is 4.74. The number of carboxylic acid groups (broad SMARTS) is 1. The summed E-state index contributed by atoms with van der Waals surface area (Å²) >= 11 is 0. The molecule has 1 aromatic heterocycles. The molecule has 0 amide bonds. The molecule has 1 aromatic carbocycles. The van der Waals surface area contributed by atoms with E-state index in [0.717, 1.165) is 5.56 Å². The van der Waals surface area contributed by atoms with Gasteiger partial charge in [-0.3, -0.25) is 0 Å².